The van der Waals surface area contributed by atoms with Crippen molar-refractivity contribution in [3.05, 3.63) is 42.6 Å². The van der Waals surface area contributed by atoms with E-state index in [9.17, 15) is 13.2 Å². The molecule has 3 rings (SSSR count). The van der Waals surface area contributed by atoms with Gasteiger partial charge in [0.1, 0.15) is 18.1 Å². The van der Waals surface area contributed by atoms with Crippen molar-refractivity contribution in [3.63, 3.8) is 0 Å². The van der Waals surface area contributed by atoms with E-state index in [2.05, 4.69) is 4.98 Å². The second-order valence-electron chi connectivity index (χ2n) is 5.81. The maximum Gasteiger partial charge on any atom is 0.192 e. The zero-order chi connectivity index (χ0) is 17.2. The summed E-state index contributed by atoms with van der Waals surface area (Å²) in [4.78, 5) is 16.4. The maximum atomic E-state index is 11.4. The minimum atomic E-state index is -3.28. The highest BCUT2D eigenvalue weighted by Gasteiger charge is 2.27. The fraction of sp³-hybridized carbons (Fsp3) is 0.294. The van der Waals surface area contributed by atoms with Crippen molar-refractivity contribution in [1.82, 2.24) is 9.88 Å². The van der Waals surface area contributed by atoms with Gasteiger partial charge in [-0.05, 0) is 29.8 Å². The van der Waals surface area contributed by atoms with Crippen LogP contribution in [0.15, 0.2) is 47.6 Å². The fourth-order valence-electron chi connectivity index (χ4n) is 2.54. The molecule has 0 radical (unpaired) electrons. The molecule has 1 aliphatic heterocycles. The average molecular weight is 346 g/mol. The standard InChI is InChI=1S/C17H18N2O4S/c1-24(21,22)17-7-4-14(10-18-17)13-2-5-15(6-3-13)23-16-11-19(12-16)8-9-20/h2-7,9-10,16H,8,11-12H2,1H3. The minimum absolute atomic E-state index is 0.0658. The normalized spacial score (nSPS) is 15.7. The minimum Gasteiger partial charge on any atom is -0.488 e. The van der Waals surface area contributed by atoms with E-state index in [0.29, 0.717) is 6.54 Å². The molecule has 1 aromatic carbocycles. The van der Waals surface area contributed by atoms with Crippen molar-refractivity contribution in [1.29, 1.82) is 0 Å². The Hall–Kier alpha value is -2.25. The molecule has 2 heterocycles. The lowest BCUT2D eigenvalue weighted by molar-refractivity contribution is -0.111. The van der Waals surface area contributed by atoms with Gasteiger partial charge >= 0.3 is 0 Å². The van der Waals surface area contributed by atoms with Gasteiger partial charge in [-0.3, -0.25) is 4.90 Å². The van der Waals surface area contributed by atoms with Crippen LogP contribution in [-0.2, 0) is 14.6 Å². The van der Waals surface area contributed by atoms with Crippen molar-refractivity contribution < 1.29 is 17.9 Å². The molecule has 126 valence electrons. The topological polar surface area (TPSA) is 76.6 Å². The highest BCUT2D eigenvalue weighted by atomic mass is 32.2. The number of hydrogen-bond acceptors (Lipinski definition) is 6. The number of likely N-dealkylation sites (tertiary alicyclic amines) is 1. The summed E-state index contributed by atoms with van der Waals surface area (Å²) in [5.74, 6) is 0.773. The van der Waals surface area contributed by atoms with E-state index >= 15 is 0 Å². The highest BCUT2D eigenvalue weighted by molar-refractivity contribution is 7.90. The van der Waals surface area contributed by atoms with Crippen LogP contribution in [0.1, 0.15) is 0 Å². The molecule has 0 amide bonds. The van der Waals surface area contributed by atoms with Crippen LogP contribution in [-0.4, -0.2) is 56.6 Å². The molecule has 0 aliphatic carbocycles. The van der Waals surface area contributed by atoms with Gasteiger partial charge in [-0.25, -0.2) is 13.4 Å². The van der Waals surface area contributed by atoms with Crippen molar-refractivity contribution in [3.8, 4) is 16.9 Å². The van der Waals surface area contributed by atoms with E-state index in [-0.39, 0.29) is 11.1 Å². The smallest absolute Gasteiger partial charge is 0.192 e. The molecule has 24 heavy (non-hydrogen) atoms. The van der Waals surface area contributed by atoms with Crippen LogP contribution in [0.2, 0.25) is 0 Å². The Balaban J connectivity index is 1.63. The summed E-state index contributed by atoms with van der Waals surface area (Å²) in [5, 5.41) is 0.0658. The molecular formula is C17H18N2O4S. The van der Waals surface area contributed by atoms with Crippen LogP contribution in [0.4, 0.5) is 0 Å². The van der Waals surface area contributed by atoms with E-state index in [0.717, 1.165) is 42.5 Å². The molecule has 0 spiro atoms. The number of aromatic nitrogens is 1. The van der Waals surface area contributed by atoms with Gasteiger partial charge in [0.15, 0.2) is 14.9 Å². The zero-order valence-electron chi connectivity index (χ0n) is 13.3. The van der Waals surface area contributed by atoms with Crippen LogP contribution >= 0.6 is 0 Å². The third-order valence-corrected chi connectivity index (χ3v) is 4.86. The number of rotatable bonds is 6. The third-order valence-electron chi connectivity index (χ3n) is 3.86. The number of benzene rings is 1. The molecule has 6 nitrogen and oxygen atoms in total. The second-order valence-corrected chi connectivity index (χ2v) is 7.77. The molecule has 1 fully saturated rings. The van der Waals surface area contributed by atoms with Gasteiger partial charge in [-0.2, -0.15) is 0 Å². The van der Waals surface area contributed by atoms with Crippen molar-refractivity contribution in [2.45, 2.75) is 11.1 Å². The first-order valence-electron chi connectivity index (χ1n) is 7.55. The number of pyridine rings is 1. The Morgan fingerprint density at radius 2 is 1.83 bits per heavy atom. The summed E-state index contributed by atoms with van der Waals surface area (Å²) in [6.45, 7) is 1.98. The molecule has 0 N–H and O–H groups in total. The van der Waals surface area contributed by atoms with Crippen molar-refractivity contribution in [2.75, 3.05) is 25.9 Å². The quantitative estimate of drug-likeness (QED) is 0.736. The molecule has 0 atom stereocenters. The number of hydrogen-bond donors (Lipinski definition) is 0. The Labute approximate surface area is 141 Å². The summed E-state index contributed by atoms with van der Waals surface area (Å²) in [6, 6.07) is 10.8. The predicted octanol–water partition coefficient (Wildman–Crippen LogP) is 1.41. The Morgan fingerprint density at radius 1 is 1.17 bits per heavy atom. The van der Waals surface area contributed by atoms with Crippen molar-refractivity contribution >= 4 is 16.1 Å². The molecule has 1 aromatic heterocycles. The first-order valence-corrected chi connectivity index (χ1v) is 9.44. The molecule has 0 unspecified atom stereocenters. The van der Waals surface area contributed by atoms with E-state index in [1.54, 1.807) is 12.3 Å². The number of sulfone groups is 1. The van der Waals surface area contributed by atoms with Crippen LogP contribution in [0.5, 0.6) is 5.75 Å². The van der Waals surface area contributed by atoms with Gasteiger partial charge in [0.2, 0.25) is 0 Å². The van der Waals surface area contributed by atoms with Crippen molar-refractivity contribution in [2.24, 2.45) is 0 Å². The lowest BCUT2D eigenvalue weighted by Crippen LogP contribution is -2.54. The first-order chi connectivity index (χ1) is 11.5. The van der Waals surface area contributed by atoms with Gasteiger partial charge in [-0.15, -0.1) is 0 Å². The lowest BCUT2D eigenvalue weighted by Gasteiger charge is -2.37. The van der Waals surface area contributed by atoms with E-state index in [4.69, 9.17) is 4.74 Å². The molecule has 1 aliphatic rings. The molecule has 0 bridgehead atoms. The lowest BCUT2D eigenvalue weighted by atomic mass is 10.1. The second kappa shape index (κ2) is 6.70. The largest absolute Gasteiger partial charge is 0.488 e. The van der Waals surface area contributed by atoms with E-state index in [1.165, 1.54) is 6.07 Å². The maximum absolute atomic E-state index is 11.4. The van der Waals surface area contributed by atoms with Crippen LogP contribution in [0, 0.1) is 0 Å². The summed E-state index contributed by atoms with van der Waals surface area (Å²) in [6.07, 6.45) is 3.70. The molecule has 2 aromatic rings. The van der Waals surface area contributed by atoms with E-state index in [1.807, 2.05) is 29.2 Å². The van der Waals surface area contributed by atoms with Gasteiger partial charge in [-0.1, -0.05) is 12.1 Å². The highest BCUT2D eigenvalue weighted by Crippen LogP contribution is 2.24. The number of nitrogens with zero attached hydrogens (tertiary/aromatic N) is 2. The molecule has 1 saturated heterocycles. The summed E-state index contributed by atoms with van der Waals surface area (Å²) < 4.78 is 28.7. The van der Waals surface area contributed by atoms with Gasteiger partial charge in [0.05, 0.1) is 6.54 Å². The molecular weight excluding hydrogens is 328 g/mol. The number of aldehydes is 1. The van der Waals surface area contributed by atoms with Gasteiger partial charge in [0, 0.05) is 31.1 Å². The Bertz CT molecular complexity index is 811. The molecule has 7 heteroatoms. The fourth-order valence-corrected chi connectivity index (χ4v) is 3.10. The average Bonchev–Trinajstić information content (AvgIpc) is 2.53. The zero-order valence-corrected chi connectivity index (χ0v) is 14.1. The Kier molecular flexibility index (Phi) is 4.64. The van der Waals surface area contributed by atoms with E-state index < -0.39 is 9.84 Å². The summed E-state index contributed by atoms with van der Waals surface area (Å²) in [5.41, 5.74) is 1.78. The third kappa shape index (κ3) is 3.80. The number of carbonyl (C=O) groups is 1. The van der Waals surface area contributed by atoms with Crippen LogP contribution < -0.4 is 4.74 Å². The number of carbonyl (C=O) groups excluding carboxylic acids is 1. The summed E-state index contributed by atoms with van der Waals surface area (Å²) in [7, 11) is -3.28. The predicted molar refractivity (Wildman–Crippen MR) is 89.7 cm³/mol. The Morgan fingerprint density at radius 3 is 2.38 bits per heavy atom. The van der Waals surface area contributed by atoms with Crippen LogP contribution in [0.3, 0.4) is 0 Å². The van der Waals surface area contributed by atoms with Crippen LogP contribution in [0.25, 0.3) is 11.1 Å². The van der Waals surface area contributed by atoms with Gasteiger partial charge in [0.25, 0.3) is 0 Å². The molecule has 0 saturated carbocycles. The SMILES string of the molecule is CS(=O)(=O)c1ccc(-c2ccc(OC3CN(CC=O)C3)cc2)cn1. The monoisotopic (exact) mass is 346 g/mol. The van der Waals surface area contributed by atoms with Gasteiger partial charge < -0.3 is 9.53 Å². The summed E-state index contributed by atoms with van der Waals surface area (Å²) >= 11 is 0. The number of ether oxygens (including phenoxy) is 1. The first kappa shape index (κ1) is 16.6.